The number of rotatable bonds is 5. The Morgan fingerprint density at radius 3 is 2.56 bits per heavy atom. The van der Waals surface area contributed by atoms with Crippen LogP contribution in [0.3, 0.4) is 0 Å². The lowest BCUT2D eigenvalue weighted by Gasteiger charge is -2.32. The molecule has 0 aliphatic carbocycles. The molecule has 3 rings (SSSR count). The Morgan fingerprint density at radius 1 is 1.19 bits per heavy atom. The van der Waals surface area contributed by atoms with Gasteiger partial charge in [-0.25, -0.2) is 4.79 Å². The highest BCUT2D eigenvalue weighted by Gasteiger charge is 2.44. The SMILES string of the molecule is CO[C@]1(O)Cc2c(NC(=O)C(F)(F)F)cccc2OC[C@@H]1NC(=O)OCc1ccccc1. The third-order valence-corrected chi connectivity index (χ3v) is 4.88. The standard InChI is InChI=1S/C21H21F3N2O6/c1-30-20(29)10-14-15(25-18(27)21(22,23)24)8-5-9-16(14)31-12-17(20)26-19(28)32-11-13-6-3-2-4-7-13/h2-9,17,29H,10-12H2,1H3,(H,25,27)(H,26,28)/t17-,20+/m0/s1. The Kier molecular flexibility index (Phi) is 6.90. The number of fused-ring (bicyclic) bond motifs is 1. The molecule has 0 radical (unpaired) electrons. The molecule has 8 nitrogen and oxygen atoms in total. The van der Waals surface area contributed by atoms with Crippen molar-refractivity contribution < 1.29 is 42.1 Å². The predicted molar refractivity (Wildman–Crippen MR) is 106 cm³/mol. The fraction of sp³-hybridized carbons (Fsp3) is 0.333. The minimum absolute atomic E-state index is 0.0144. The smallest absolute Gasteiger partial charge is 0.471 e. The van der Waals surface area contributed by atoms with E-state index in [4.69, 9.17) is 14.2 Å². The molecule has 0 spiro atoms. The Bertz CT molecular complexity index is 970. The zero-order valence-electron chi connectivity index (χ0n) is 16.9. The first-order chi connectivity index (χ1) is 15.1. The normalized spacial score (nSPS) is 20.3. The molecule has 0 fully saturated rings. The lowest BCUT2D eigenvalue weighted by molar-refractivity contribution is -0.204. The molecule has 2 aromatic carbocycles. The van der Waals surface area contributed by atoms with Gasteiger partial charge < -0.3 is 30.0 Å². The monoisotopic (exact) mass is 454 g/mol. The number of benzene rings is 2. The summed E-state index contributed by atoms with van der Waals surface area (Å²) in [4.78, 5) is 23.6. The molecule has 2 atom stereocenters. The van der Waals surface area contributed by atoms with Crippen molar-refractivity contribution in [3.8, 4) is 5.75 Å². The van der Waals surface area contributed by atoms with Gasteiger partial charge in [-0.2, -0.15) is 13.2 Å². The summed E-state index contributed by atoms with van der Waals surface area (Å²) in [5.41, 5.74) is 0.628. The summed E-state index contributed by atoms with van der Waals surface area (Å²) in [6.07, 6.45) is -6.33. The van der Waals surface area contributed by atoms with Gasteiger partial charge in [0.15, 0.2) is 5.79 Å². The Labute approximate surface area is 181 Å². The summed E-state index contributed by atoms with van der Waals surface area (Å²) < 4.78 is 54.0. The van der Waals surface area contributed by atoms with Crippen molar-refractivity contribution in [3.63, 3.8) is 0 Å². The second-order valence-corrected chi connectivity index (χ2v) is 7.03. The van der Waals surface area contributed by atoms with Crippen LogP contribution < -0.4 is 15.4 Å². The molecule has 1 heterocycles. The molecule has 32 heavy (non-hydrogen) atoms. The largest absolute Gasteiger partial charge is 0.491 e. The average Bonchev–Trinajstić information content (AvgIpc) is 2.90. The van der Waals surface area contributed by atoms with E-state index in [2.05, 4.69) is 5.32 Å². The van der Waals surface area contributed by atoms with Crippen LogP contribution in [0.5, 0.6) is 5.75 Å². The molecule has 1 aliphatic heterocycles. The van der Waals surface area contributed by atoms with Crippen molar-refractivity contribution in [2.24, 2.45) is 0 Å². The van der Waals surface area contributed by atoms with Gasteiger partial charge in [0.1, 0.15) is 25.0 Å². The first-order valence-corrected chi connectivity index (χ1v) is 9.50. The molecule has 1 aliphatic rings. The highest BCUT2D eigenvalue weighted by atomic mass is 19.4. The van der Waals surface area contributed by atoms with Gasteiger partial charge in [-0.15, -0.1) is 0 Å². The van der Waals surface area contributed by atoms with E-state index in [9.17, 15) is 27.9 Å². The minimum atomic E-state index is -5.10. The van der Waals surface area contributed by atoms with E-state index < -0.39 is 30.0 Å². The highest BCUT2D eigenvalue weighted by Crippen LogP contribution is 2.35. The summed E-state index contributed by atoms with van der Waals surface area (Å²) in [7, 11) is 1.17. The van der Waals surface area contributed by atoms with E-state index in [0.717, 1.165) is 5.56 Å². The number of anilines is 1. The van der Waals surface area contributed by atoms with Crippen molar-refractivity contribution in [1.29, 1.82) is 0 Å². The second-order valence-electron chi connectivity index (χ2n) is 7.03. The van der Waals surface area contributed by atoms with Crippen molar-refractivity contribution in [2.75, 3.05) is 19.0 Å². The molecule has 0 unspecified atom stereocenters. The molecular formula is C21H21F3N2O6. The van der Waals surface area contributed by atoms with Crippen LogP contribution in [-0.2, 0) is 27.3 Å². The quantitative estimate of drug-likeness (QED) is 0.600. The van der Waals surface area contributed by atoms with Gasteiger partial charge in [-0.3, -0.25) is 4.79 Å². The number of aliphatic hydroxyl groups is 1. The molecule has 0 saturated carbocycles. The number of carbonyl (C=O) groups is 2. The number of halogens is 3. The number of alkyl halides is 3. The number of carbonyl (C=O) groups excluding carboxylic acids is 2. The molecule has 2 amide bonds. The van der Waals surface area contributed by atoms with Gasteiger partial charge in [0.25, 0.3) is 0 Å². The Hall–Kier alpha value is -3.31. The van der Waals surface area contributed by atoms with E-state index >= 15 is 0 Å². The Balaban J connectivity index is 1.75. The Morgan fingerprint density at radius 2 is 1.91 bits per heavy atom. The molecule has 3 N–H and O–H groups in total. The molecule has 0 saturated heterocycles. The van der Waals surface area contributed by atoms with Gasteiger partial charge in [0, 0.05) is 24.8 Å². The van der Waals surface area contributed by atoms with Crippen molar-refractivity contribution in [3.05, 3.63) is 59.7 Å². The molecular weight excluding hydrogens is 433 g/mol. The fourth-order valence-electron chi connectivity index (χ4n) is 3.15. The lowest BCUT2D eigenvalue weighted by atomic mass is 9.97. The number of ether oxygens (including phenoxy) is 3. The minimum Gasteiger partial charge on any atom is -0.491 e. The maximum atomic E-state index is 12.7. The number of amides is 2. The van der Waals surface area contributed by atoms with E-state index in [1.54, 1.807) is 29.6 Å². The van der Waals surface area contributed by atoms with E-state index in [-0.39, 0.29) is 36.6 Å². The number of hydrogen-bond acceptors (Lipinski definition) is 6. The summed E-state index contributed by atoms with van der Waals surface area (Å²) in [6, 6.07) is 11.9. The van der Waals surface area contributed by atoms with E-state index in [1.807, 2.05) is 6.07 Å². The van der Waals surface area contributed by atoms with Gasteiger partial charge >= 0.3 is 18.2 Å². The zero-order chi connectivity index (χ0) is 23.4. The summed E-state index contributed by atoms with van der Waals surface area (Å²) in [6.45, 7) is -0.284. The third-order valence-electron chi connectivity index (χ3n) is 4.88. The predicted octanol–water partition coefficient (Wildman–Crippen LogP) is 2.75. The van der Waals surface area contributed by atoms with Gasteiger partial charge in [-0.05, 0) is 17.7 Å². The number of nitrogens with one attached hydrogen (secondary N) is 2. The van der Waals surface area contributed by atoms with E-state index in [0.29, 0.717) is 0 Å². The van der Waals surface area contributed by atoms with Crippen LogP contribution >= 0.6 is 0 Å². The van der Waals surface area contributed by atoms with Crippen molar-refractivity contribution >= 4 is 17.7 Å². The fourth-order valence-corrected chi connectivity index (χ4v) is 3.15. The number of alkyl carbamates (subject to hydrolysis) is 1. The van der Waals surface area contributed by atoms with Crippen molar-refractivity contribution in [1.82, 2.24) is 5.32 Å². The molecule has 2 aromatic rings. The topological polar surface area (TPSA) is 106 Å². The van der Waals surface area contributed by atoms with Gasteiger partial charge in [-0.1, -0.05) is 36.4 Å². The van der Waals surface area contributed by atoms with Gasteiger partial charge in [0.2, 0.25) is 0 Å². The third kappa shape index (κ3) is 5.48. The zero-order valence-corrected chi connectivity index (χ0v) is 16.9. The maximum Gasteiger partial charge on any atom is 0.471 e. The van der Waals surface area contributed by atoms with Crippen molar-refractivity contribution in [2.45, 2.75) is 31.0 Å². The first kappa shape index (κ1) is 23.4. The van der Waals surface area contributed by atoms with E-state index in [1.165, 1.54) is 25.3 Å². The second kappa shape index (κ2) is 9.45. The first-order valence-electron chi connectivity index (χ1n) is 9.50. The molecule has 172 valence electrons. The maximum absolute atomic E-state index is 12.7. The highest BCUT2D eigenvalue weighted by molar-refractivity contribution is 5.95. The summed E-state index contributed by atoms with van der Waals surface area (Å²) in [5.74, 6) is -4.10. The van der Waals surface area contributed by atoms with Crippen LogP contribution in [0.1, 0.15) is 11.1 Å². The number of methoxy groups -OCH3 is 1. The van der Waals surface area contributed by atoms with Crippen LogP contribution in [0.15, 0.2) is 48.5 Å². The molecule has 0 aromatic heterocycles. The average molecular weight is 454 g/mol. The van der Waals surface area contributed by atoms with Gasteiger partial charge in [0.05, 0.1) is 0 Å². The summed E-state index contributed by atoms with van der Waals surface area (Å²) in [5, 5.41) is 15.2. The molecule has 0 bridgehead atoms. The van der Waals surface area contributed by atoms with Crippen LogP contribution in [0.25, 0.3) is 0 Å². The summed E-state index contributed by atoms with van der Waals surface area (Å²) >= 11 is 0. The van der Waals surface area contributed by atoms with Crippen LogP contribution in [-0.4, -0.2) is 48.8 Å². The number of hydrogen-bond donors (Lipinski definition) is 3. The lowest BCUT2D eigenvalue weighted by Crippen LogP contribution is -2.57. The van der Waals surface area contributed by atoms with Crippen LogP contribution in [0.2, 0.25) is 0 Å². The van der Waals surface area contributed by atoms with Crippen LogP contribution in [0.4, 0.5) is 23.7 Å². The van der Waals surface area contributed by atoms with Crippen LogP contribution in [0, 0.1) is 0 Å². The molecule has 11 heteroatoms.